The Morgan fingerprint density at radius 2 is 1.53 bits per heavy atom. The molecule has 0 bridgehead atoms. The first-order valence-electron chi connectivity index (χ1n) is 10.6. The van der Waals surface area contributed by atoms with Crippen LogP contribution in [0.15, 0.2) is 0 Å². The maximum absolute atomic E-state index is 12.4. The average molecular weight is 438 g/mol. The Morgan fingerprint density at radius 3 is 2.07 bits per heavy atom. The van der Waals surface area contributed by atoms with Crippen molar-refractivity contribution in [2.24, 2.45) is 0 Å². The second kappa shape index (κ2) is 13.5. The molecule has 10 heteroatoms. The van der Waals surface area contributed by atoms with Crippen molar-refractivity contribution in [2.45, 2.75) is 83.5 Å². The van der Waals surface area contributed by atoms with E-state index in [1.165, 1.54) is 12.8 Å². The first-order valence-corrected chi connectivity index (χ1v) is 10.6. The van der Waals surface area contributed by atoms with Gasteiger partial charge >= 0.3 is 24.0 Å². The van der Waals surface area contributed by atoms with Crippen molar-refractivity contribution in [3.63, 3.8) is 0 Å². The van der Waals surface area contributed by atoms with E-state index in [-0.39, 0.29) is 25.5 Å². The van der Waals surface area contributed by atoms with Gasteiger partial charge in [-0.15, -0.1) is 0 Å². The van der Waals surface area contributed by atoms with Crippen molar-refractivity contribution in [3.8, 4) is 0 Å². The van der Waals surface area contributed by atoms with Gasteiger partial charge in [-0.1, -0.05) is 6.42 Å². The van der Waals surface area contributed by atoms with Crippen LogP contribution >= 0.6 is 0 Å². The number of carbonyl (C=O) groups excluding carboxylic acids is 3. The van der Waals surface area contributed by atoms with Crippen LogP contribution in [0.2, 0.25) is 0 Å². The number of likely N-dealkylation sites (tertiary alicyclic amines) is 1. The molecule has 1 amide bonds. The Morgan fingerprint density at radius 1 is 0.933 bits per heavy atom. The molecule has 0 aromatic rings. The van der Waals surface area contributed by atoms with E-state index in [0.717, 1.165) is 17.9 Å². The predicted molar refractivity (Wildman–Crippen MR) is 104 cm³/mol. The van der Waals surface area contributed by atoms with Crippen molar-refractivity contribution in [1.82, 2.24) is 10.2 Å². The number of piperidine rings is 2. The molecule has 0 spiro atoms. The second-order valence-electron chi connectivity index (χ2n) is 7.31. The van der Waals surface area contributed by atoms with Crippen LogP contribution in [0.1, 0.15) is 65.2 Å². The molecule has 0 saturated carbocycles. The molecule has 0 radical (unpaired) electrons. The molecule has 7 nitrogen and oxygen atoms in total. The van der Waals surface area contributed by atoms with Crippen molar-refractivity contribution in [3.05, 3.63) is 0 Å². The van der Waals surface area contributed by atoms with Gasteiger partial charge in [-0.2, -0.15) is 13.2 Å². The summed E-state index contributed by atoms with van der Waals surface area (Å²) >= 11 is 0. The Hall–Kier alpha value is -1.84. The molecule has 30 heavy (non-hydrogen) atoms. The SMILES string of the molecule is CCOC(=O)CC1CCCCN1.CCOC(=O)CC1CCCCN1C(=O)C(F)(F)F. The van der Waals surface area contributed by atoms with Crippen molar-refractivity contribution in [2.75, 3.05) is 26.3 Å². The maximum atomic E-state index is 12.4. The summed E-state index contributed by atoms with van der Waals surface area (Å²) in [5.74, 6) is -2.50. The van der Waals surface area contributed by atoms with Crippen LogP contribution in [0.4, 0.5) is 13.2 Å². The highest BCUT2D eigenvalue weighted by Gasteiger charge is 2.45. The fourth-order valence-electron chi connectivity index (χ4n) is 3.57. The number of ether oxygens (including phenoxy) is 2. The first kappa shape index (κ1) is 26.2. The maximum Gasteiger partial charge on any atom is 0.471 e. The third-order valence-electron chi connectivity index (χ3n) is 4.97. The van der Waals surface area contributed by atoms with Crippen LogP contribution in [-0.4, -0.2) is 67.3 Å². The first-order chi connectivity index (χ1) is 14.2. The minimum Gasteiger partial charge on any atom is -0.466 e. The van der Waals surface area contributed by atoms with Crippen LogP contribution in [-0.2, 0) is 23.9 Å². The molecule has 2 fully saturated rings. The molecule has 2 heterocycles. The monoisotopic (exact) mass is 438 g/mol. The molecule has 174 valence electrons. The lowest BCUT2D eigenvalue weighted by atomic mass is 9.99. The number of carbonyl (C=O) groups is 3. The molecule has 2 saturated heterocycles. The fourth-order valence-corrected chi connectivity index (χ4v) is 3.57. The van der Waals surface area contributed by atoms with E-state index < -0.39 is 24.1 Å². The molecule has 2 aliphatic rings. The van der Waals surface area contributed by atoms with Gasteiger partial charge in [0, 0.05) is 18.6 Å². The van der Waals surface area contributed by atoms with Gasteiger partial charge in [0.1, 0.15) is 0 Å². The Bertz CT molecular complexity index is 551. The van der Waals surface area contributed by atoms with Crippen molar-refractivity contribution < 1.29 is 37.0 Å². The van der Waals surface area contributed by atoms with Gasteiger partial charge in [-0.25, -0.2) is 0 Å². The predicted octanol–water partition coefficient (Wildman–Crippen LogP) is 2.96. The smallest absolute Gasteiger partial charge is 0.466 e. The van der Waals surface area contributed by atoms with E-state index in [1.54, 1.807) is 6.92 Å². The lowest BCUT2D eigenvalue weighted by molar-refractivity contribution is -0.189. The van der Waals surface area contributed by atoms with Gasteiger partial charge in [0.15, 0.2) is 0 Å². The van der Waals surface area contributed by atoms with E-state index in [1.807, 2.05) is 6.92 Å². The zero-order valence-electron chi connectivity index (χ0n) is 17.8. The zero-order chi connectivity index (χ0) is 22.6. The highest BCUT2D eigenvalue weighted by atomic mass is 19.4. The fraction of sp³-hybridized carbons (Fsp3) is 0.850. The summed E-state index contributed by atoms with van der Waals surface area (Å²) < 4.78 is 46.7. The highest BCUT2D eigenvalue weighted by molar-refractivity contribution is 5.83. The number of nitrogens with zero attached hydrogens (tertiary/aromatic N) is 1. The summed E-state index contributed by atoms with van der Waals surface area (Å²) in [7, 11) is 0. The van der Waals surface area contributed by atoms with Crippen molar-refractivity contribution in [1.29, 1.82) is 0 Å². The van der Waals surface area contributed by atoms with E-state index in [0.29, 0.717) is 38.3 Å². The summed E-state index contributed by atoms with van der Waals surface area (Å²) in [5.41, 5.74) is 0. The van der Waals surface area contributed by atoms with Crippen LogP contribution in [0.25, 0.3) is 0 Å². The Balaban J connectivity index is 0.000000325. The van der Waals surface area contributed by atoms with Gasteiger partial charge in [0.2, 0.25) is 0 Å². The minimum atomic E-state index is -4.88. The number of amides is 1. The summed E-state index contributed by atoms with van der Waals surface area (Å²) in [6.07, 6.45) is 0.705. The number of alkyl halides is 3. The minimum absolute atomic E-state index is 0.0441. The third kappa shape index (κ3) is 9.77. The molecule has 0 aromatic carbocycles. The summed E-state index contributed by atoms with van der Waals surface area (Å²) in [5, 5.41) is 3.31. The summed E-state index contributed by atoms with van der Waals surface area (Å²) in [4.78, 5) is 34.3. The molecule has 0 aliphatic carbocycles. The molecule has 2 rings (SSSR count). The standard InChI is InChI=1S/C11H16F3NO3.C9H17NO2/c1-2-18-9(16)7-8-5-3-4-6-15(8)10(17)11(12,13)14;1-2-12-9(11)7-8-5-3-4-6-10-8/h8H,2-7H2,1H3;8,10H,2-7H2,1H3. The number of nitrogens with one attached hydrogen (secondary N) is 1. The quantitative estimate of drug-likeness (QED) is 0.642. The van der Waals surface area contributed by atoms with E-state index in [4.69, 9.17) is 9.47 Å². The Labute approximate surface area is 175 Å². The average Bonchev–Trinajstić information content (AvgIpc) is 2.69. The van der Waals surface area contributed by atoms with Gasteiger partial charge < -0.3 is 19.7 Å². The van der Waals surface area contributed by atoms with Crippen LogP contribution < -0.4 is 5.32 Å². The molecule has 0 aromatic heterocycles. The molecule has 2 unspecified atom stereocenters. The van der Waals surface area contributed by atoms with Gasteiger partial charge in [-0.05, 0) is 52.5 Å². The summed E-state index contributed by atoms with van der Waals surface area (Å²) in [6, 6.07) is -0.343. The molecular weight excluding hydrogens is 405 g/mol. The normalized spacial score (nSPS) is 21.8. The van der Waals surface area contributed by atoms with Crippen LogP contribution in [0, 0.1) is 0 Å². The molecule has 2 aliphatic heterocycles. The Kier molecular flexibility index (Phi) is 11.8. The molecule has 1 N–H and O–H groups in total. The second-order valence-corrected chi connectivity index (χ2v) is 7.31. The highest BCUT2D eigenvalue weighted by Crippen LogP contribution is 2.26. The van der Waals surface area contributed by atoms with E-state index in [2.05, 4.69) is 5.32 Å². The van der Waals surface area contributed by atoms with Crippen LogP contribution in [0.3, 0.4) is 0 Å². The number of esters is 2. The van der Waals surface area contributed by atoms with Crippen molar-refractivity contribution >= 4 is 17.8 Å². The molecular formula is C20H33F3N2O5. The van der Waals surface area contributed by atoms with Gasteiger partial charge in [0.25, 0.3) is 0 Å². The van der Waals surface area contributed by atoms with Crippen LogP contribution in [0.5, 0.6) is 0 Å². The lowest BCUT2D eigenvalue weighted by Crippen LogP contribution is -2.50. The zero-order valence-corrected chi connectivity index (χ0v) is 17.8. The van der Waals surface area contributed by atoms with Gasteiger partial charge in [-0.3, -0.25) is 14.4 Å². The number of hydrogen-bond donors (Lipinski definition) is 1. The number of halogens is 3. The lowest BCUT2D eigenvalue weighted by Gasteiger charge is -2.35. The largest absolute Gasteiger partial charge is 0.471 e. The van der Waals surface area contributed by atoms with E-state index in [9.17, 15) is 27.6 Å². The number of hydrogen-bond acceptors (Lipinski definition) is 6. The molecule has 2 atom stereocenters. The van der Waals surface area contributed by atoms with Gasteiger partial charge in [0.05, 0.1) is 26.1 Å². The summed E-state index contributed by atoms with van der Waals surface area (Å²) in [6.45, 7) is 5.22. The number of rotatable bonds is 6. The topological polar surface area (TPSA) is 84.9 Å². The van der Waals surface area contributed by atoms with E-state index >= 15 is 0 Å². The third-order valence-corrected chi connectivity index (χ3v) is 4.97.